The minimum absolute atomic E-state index is 0.161. The van der Waals surface area contributed by atoms with E-state index in [-0.39, 0.29) is 26.1 Å². The fourth-order valence-electron chi connectivity index (χ4n) is 5.49. The number of benzene rings is 1. The number of rotatable bonds is 7. The second-order valence-electron chi connectivity index (χ2n) is 11.6. The van der Waals surface area contributed by atoms with Crippen LogP contribution in [0.1, 0.15) is 75.2 Å². The van der Waals surface area contributed by atoms with Gasteiger partial charge in [-0.05, 0) is 61.5 Å². The molecule has 200 valence electrons. The number of hydrogen-bond acceptors (Lipinski definition) is 4. The quantitative estimate of drug-likeness (QED) is 0.310. The van der Waals surface area contributed by atoms with E-state index in [1.807, 2.05) is 20.8 Å². The number of carboxylic acids is 1. The van der Waals surface area contributed by atoms with Gasteiger partial charge in [0.25, 0.3) is 0 Å². The van der Waals surface area contributed by atoms with Gasteiger partial charge in [-0.1, -0.05) is 53.1 Å². The van der Waals surface area contributed by atoms with Gasteiger partial charge in [0.15, 0.2) is 5.54 Å². The van der Waals surface area contributed by atoms with Gasteiger partial charge in [-0.15, -0.1) is 5.54 Å². The predicted molar refractivity (Wildman–Crippen MR) is 149 cm³/mol. The van der Waals surface area contributed by atoms with Crippen LogP contribution in [0.25, 0.3) is 0 Å². The summed E-state index contributed by atoms with van der Waals surface area (Å²) in [5.74, 6) is 1.80. The van der Waals surface area contributed by atoms with Crippen LogP contribution in [0.2, 0.25) is 21.6 Å². The molecule has 0 aliphatic carbocycles. The molecule has 36 heavy (non-hydrogen) atoms. The largest absolute Gasteiger partial charge is 0.487 e. The van der Waals surface area contributed by atoms with Crippen LogP contribution < -0.4 is 9.64 Å². The van der Waals surface area contributed by atoms with Gasteiger partial charge in [-0.25, -0.2) is 4.79 Å². The molecule has 0 aromatic heterocycles. The van der Waals surface area contributed by atoms with Crippen molar-refractivity contribution in [1.82, 2.24) is 0 Å². The van der Waals surface area contributed by atoms with E-state index in [0.29, 0.717) is 33.1 Å². The summed E-state index contributed by atoms with van der Waals surface area (Å²) in [6.07, 6.45) is 0.323. The lowest BCUT2D eigenvalue weighted by atomic mass is 9.87. The molecule has 1 aliphatic heterocycles. The lowest BCUT2D eigenvalue weighted by Crippen LogP contribution is -2.60. The summed E-state index contributed by atoms with van der Waals surface area (Å²) < 4.78 is 11.4. The zero-order chi connectivity index (χ0) is 27.5. The van der Waals surface area contributed by atoms with Crippen LogP contribution in [0.5, 0.6) is 5.75 Å². The molecule has 0 atom stereocenters. The van der Waals surface area contributed by atoms with E-state index < -0.39 is 31.1 Å². The van der Waals surface area contributed by atoms with Crippen LogP contribution in [0.3, 0.4) is 0 Å². The molecule has 1 N–H and O–H groups in total. The number of aliphatic carboxylic acids is 1. The van der Waals surface area contributed by atoms with Crippen LogP contribution in [0.15, 0.2) is 18.2 Å². The standard InChI is InChI=1S/C28H42ClNO5Si/c1-19(2)36(20(3)4,21(5)6)17-12-25(31)30(28(26(32)33)13-15-34-16-14-28)22-10-11-24(23(29)18-22)35-27(7,8)9/h10-11,18-21H,13-16H2,1-9H3,(H,32,33). The minimum Gasteiger partial charge on any atom is -0.487 e. The fraction of sp³-hybridized carbons (Fsp3) is 0.643. The molecule has 1 aromatic carbocycles. The number of amides is 1. The third kappa shape index (κ3) is 6.27. The van der Waals surface area contributed by atoms with Gasteiger partial charge in [0.1, 0.15) is 19.4 Å². The molecule has 0 saturated carbocycles. The number of carboxylic acid groups (broad SMARTS) is 1. The lowest BCUT2D eigenvalue weighted by molar-refractivity contribution is -0.148. The highest BCUT2D eigenvalue weighted by Gasteiger charge is 2.49. The molecule has 1 heterocycles. The van der Waals surface area contributed by atoms with Crippen molar-refractivity contribution in [2.45, 2.75) is 103 Å². The monoisotopic (exact) mass is 535 g/mol. The average Bonchev–Trinajstić information content (AvgIpc) is 2.75. The Morgan fingerprint density at radius 1 is 1.08 bits per heavy atom. The Balaban J connectivity index is 2.69. The Morgan fingerprint density at radius 2 is 1.61 bits per heavy atom. The topological polar surface area (TPSA) is 76.1 Å². The molecular weight excluding hydrogens is 494 g/mol. The first-order valence-electron chi connectivity index (χ1n) is 12.8. The van der Waals surface area contributed by atoms with Gasteiger partial charge in [0.05, 0.1) is 5.02 Å². The second-order valence-corrected chi connectivity index (χ2v) is 17.6. The molecule has 2 rings (SSSR count). The van der Waals surface area contributed by atoms with Crippen molar-refractivity contribution in [3.8, 4) is 17.2 Å². The van der Waals surface area contributed by atoms with Crippen LogP contribution in [-0.2, 0) is 14.3 Å². The smallest absolute Gasteiger partial charge is 0.330 e. The van der Waals surface area contributed by atoms with Gasteiger partial charge < -0.3 is 14.6 Å². The van der Waals surface area contributed by atoms with E-state index in [9.17, 15) is 14.7 Å². The van der Waals surface area contributed by atoms with Crippen LogP contribution >= 0.6 is 11.6 Å². The van der Waals surface area contributed by atoms with Crippen molar-refractivity contribution in [3.05, 3.63) is 23.2 Å². The number of carbonyl (C=O) groups excluding carboxylic acids is 1. The molecule has 1 aliphatic rings. The van der Waals surface area contributed by atoms with Gasteiger partial charge in [-0.2, -0.15) is 0 Å². The molecule has 0 spiro atoms. The Kier molecular flexibility index (Phi) is 9.72. The number of nitrogens with zero attached hydrogens (tertiary/aromatic N) is 1. The minimum atomic E-state index is -2.21. The molecule has 1 saturated heterocycles. The van der Waals surface area contributed by atoms with E-state index in [4.69, 9.17) is 21.1 Å². The summed E-state index contributed by atoms with van der Waals surface area (Å²) in [7, 11) is -2.21. The van der Waals surface area contributed by atoms with E-state index in [1.165, 1.54) is 4.90 Å². The van der Waals surface area contributed by atoms with Crippen molar-refractivity contribution in [2.24, 2.45) is 0 Å². The zero-order valence-electron chi connectivity index (χ0n) is 23.2. The van der Waals surface area contributed by atoms with Crippen molar-refractivity contribution < 1.29 is 24.2 Å². The molecule has 0 unspecified atom stereocenters. The summed E-state index contributed by atoms with van der Waals surface area (Å²) in [6.45, 7) is 19.3. The van der Waals surface area contributed by atoms with Crippen molar-refractivity contribution in [3.63, 3.8) is 0 Å². The molecule has 1 aromatic rings. The maximum absolute atomic E-state index is 13.9. The van der Waals surface area contributed by atoms with Gasteiger partial charge in [0, 0.05) is 31.7 Å². The molecule has 0 bridgehead atoms. The summed E-state index contributed by atoms with van der Waals surface area (Å²) in [4.78, 5) is 27.9. The number of anilines is 1. The first kappa shape index (κ1) is 30.2. The normalized spacial score (nSPS) is 16.0. The van der Waals surface area contributed by atoms with Crippen molar-refractivity contribution in [2.75, 3.05) is 18.1 Å². The molecular formula is C28H42ClNO5Si. The molecule has 6 nitrogen and oxygen atoms in total. The highest BCUT2D eigenvalue weighted by atomic mass is 35.5. The fourth-order valence-corrected chi connectivity index (χ4v) is 10.9. The number of carbonyl (C=O) groups is 2. The number of hydrogen-bond donors (Lipinski definition) is 1. The van der Waals surface area contributed by atoms with E-state index in [2.05, 4.69) is 53.0 Å². The molecule has 8 heteroatoms. The van der Waals surface area contributed by atoms with E-state index in [1.54, 1.807) is 18.2 Å². The van der Waals surface area contributed by atoms with Gasteiger partial charge in [-0.3, -0.25) is 9.69 Å². The maximum atomic E-state index is 13.9. The first-order valence-corrected chi connectivity index (χ1v) is 15.4. The highest BCUT2D eigenvalue weighted by Crippen LogP contribution is 2.41. The summed E-state index contributed by atoms with van der Waals surface area (Å²) in [5.41, 5.74) is 2.91. The van der Waals surface area contributed by atoms with Crippen LogP contribution in [0, 0.1) is 11.5 Å². The second kappa shape index (κ2) is 11.6. The molecule has 0 radical (unpaired) electrons. The van der Waals surface area contributed by atoms with Crippen LogP contribution in [-0.4, -0.2) is 49.4 Å². The molecule has 1 amide bonds. The maximum Gasteiger partial charge on any atom is 0.330 e. The third-order valence-electron chi connectivity index (χ3n) is 7.19. The van der Waals surface area contributed by atoms with Crippen molar-refractivity contribution >= 4 is 37.2 Å². The number of halogens is 1. The van der Waals surface area contributed by atoms with E-state index in [0.717, 1.165) is 0 Å². The van der Waals surface area contributed by atoms with E-state index >= 15 is 0 Å². The number of ether oxygens (including phenoxy) is 2. The van der Waals surface area contributed by atoms with Crippen molar-refractivity contribution in [1.29, 1.82) is 0 Å². The lowest BCUT2D eigenvalue weighted by Gasteiger charge is -2.42. The van der Waals surface area contributed by atoms with Gasteiger partial charge >= 0.3 is 11.9 Å². The molecule has 1 fully saturated rings. The summed E-state index contributed by atoms with van der Waals surface area (Å²) in [5, 5.41) is 10.7. The predicted octanol–water partition coefficient (Wildman–Crippen LogP) is 6.71. The Bertz CT molecular complexity index is 991. The summed E-state index contributed by atoms with van der Waals surface area (Å²) >= 11 is 6.56. The van der Waals surface area contributed by atoms with Crippen LogP contribution in [0.4, 0.5) is 5.69 Å². The average molecular weight is 536 g/mol. The Hall–Kier alpha value is -2.01. The SMILES string of the molecule is CC(C)[Si](C#CC(=O)N(c1ccc(OC(C)(C)C)c(Cl)c1)C1(C(=O)O)CCOCC1)(C(C)C)C(C)C. The highest BCUT2D eigenvalue weighted by molar-refractivity contribution is 6.90. The Morgan fingerprint density at radius 3 is 2.03 bits per heavy atom. The van der Waals surface area contributed by atoms with Gasteiger partial charge in [0.2, 0.25) is 0 Å². The Labute approximate surface area is 222 Å². The third-order valence-corrected chi connectivity index (χ3v) is 13.8. The zero-order valence-corrected chi connectivity index (χ0v) is 25.0. The summed E-state index contributed by atoms with van der Waals surface area (Å²) in [6, 6.07) is 4.96. The first-order chi connectivity index (χ1) is 16.6.